The van der Waals surface area contributed by atoms with Crippen LogP contribution in [0.1, 0.15) is 94.3 Å². The average molecular weight is 911 g/mol. The van der Waals surface area contributed by atoms with Crippen molar-refractivity contribution in [2.75, 3.05) is 46.0 Å². The molecule has 15 heteroatoms. The number of amides is 5. The molecule has 2 aliphatic rings. The fraction of sp³-hybridized carbons (Fsp3) is 0.510. The van der Waals surface area contributed by atoms with Gasteiger partial charge in [0.05, 0.1) is 25.4 Å². The summed E-state index contributed by atoms with van der Waals surface area (Å²) >= 11 is 0. The molecule has 3 aromatic carbocycles. The Morgan fingerprint density at radius 1 is 0.803 bits per heavy atom. The molecule has 0 radical (unpaired) electrons. The smallest absolute Gasteiger partial charge is 0.310 e. The Kier molecular flexibility index (Phi) is 18.7. The quantitative estimate of drug-likeness (QED) is 0.0373. The molecule has 2 fully saturated rings. The number of carbonyl (C=O) groups excluding carboxylic acids is 7. The number of quaternary nitrogens is 1. The van der Waals surface area contributed by atoms with Crippen LogP contribution in [0, 0.1) is 11.8 Å². The van der Waals surface area contributed by atoms with Crippen molar-refractivity contribution >= 4 is 41.8 Å². The molecule has 0 bridgehead atoms. The van der Waals surface area contributed by atoms with Gasteiger partial charge in [-0.1, -0.05) is 95.3 Å². The van der Waals surface area contributed by atoms with Crippen molar-refractivity contribution in [3.63, 3.8) is 0 Å². The van der Waals surface area contributed by atoms with Crippen LogP contribution in [-0.2, 0) is 57.6 Å². The second-order valence-corrected chi connectivity index (χ2v) is 18.6. The summed E-state index contributed by atoms with van der Waals surface area (Å²) in [6.45, 7) is 13.2. The van der Waals surface area contributed by atoms with Gasteiger partial charge in [0.1, 0.15) is 43.5 Å². The van der Waals surface area contributed by atoms with Crippen molar-refractivity contribution in [2.45, 2.75) is 110 Å². The Labute approximate surface area is 388 Å². The van der Waals surface area contributed by atoms with Gasteiger partial charge in [-0.05, 0) is 73.8 Å². The minimum atomic E-state index is -1.36. The molecule has 5 amide bonds. The first-order chi connectivity index (χ1) is 31.5. The highest BCUT2D eigenvalue weighted by Gasteiger charge is 2.54. The van der Waals surface area contributed by atoms with Crippen LogP contribution in [-0.4, -0.2) is 121 Å². The molecule has 15 nitrogen and oxygen atoms in total. The molecule has 2 heterocycles. The van der Waals surface area contributed by atoms with Crippen LogP contribution < -0.4 is 20.7 Å². The van der Waals surface area contributed by atoms with Gasteiger partial charge in [-0.25, -0.2) is 0 Å². The number of epoxide rings is 1. The molecule has 0 saturated carbocycles. The monoisotopic (exact) mass is 910 g/mol. The lowest BCUT2D eigenvalue weighted by Gasteiger charge is -2.42. The van der Waals surface area contributed by atoms with Crippen molar-refractivity contribution in [2.24, 2.45) is 11.8 Å². The van der Waals surface area contributed by atoms with Gasteiger partial charge in [0.15, 0.2) is 18.4 Å². The topological polar surface area (TPSA) is 190 Å². The van der Waals surface area contributed by atoms with Gasteiger partial charge in [0, 0.05) is 24.9 Å². The lowest BCUT2D eigenvalue weighted by molar-refractivity contribution is -0.940. The first kappa shape index (κ1) is 51.2. The van der Waals surface area contributed by atoms with E-state index in [9.17, 15) is 28.8 Å². The molecule has 356 valence electrons. The molecule has 2 saturated heterocycles. The van der Waals surface area contributed by atoms with Crippen molar-refractivity contribution in [1.29, 1.82) is 0 Å². The van der Waals surface area contributed by atoms with E-state index in [1.54, 1.807) is 32.0 Å². The van der Waals surface area contributed by atoms with Crippen LogP contribution in [0.4, 0.5) is 0 Å². The Hall–Kier alpha value is -5.77. The number of morpholine rings is 1. The number of esters is 1. The maximum absolute atomic E-state index is 15.1. The number of imide groups is 1. The molecule has 66 heavy (non-hydrogen) atoms. The molecule has 0 aliphatic carbocycles. The zero-order valence-corrected chi connectivity index (χ0v) is 39.3. The summed E-state index contributed by atoms with van der Waals surface area (Å²) in [5.41, 5.74) is 1.25. The van der Waals surface area contributed by atoms with Gasteiger partial charge in [0.25, 0.3) is 11.8 Å². The summed E-state index contributed by atoms with van der Waals surface area (Å²) in [7, 11) is 0. The lowest BCUT2D eigenvalue weighted by atomic mass is 9.98. The summed E-state index contributed by atoms with van der Waals surface area (Å²) in [6.07, 6.45) is 2.28. The van der Waals surface area contributed by atoms with Crippen LogP contribution in [0.2, 0.25) is 0 Å². The van der Waals surface area contributed by atoms with Crippen LogP contribution in [0.5, 0.6) is 5.75 Å². The van der Waals surface area contributed by atoms with Crippen LogP contribution in [0.25, 0.3) is 0 Å². The van der Waals surface area contributed by atoms with Crippen molar-refractivity contribution in [1.82, 2.24) is 20.9 Å². The van der Waals surface area contributed by atoms with Gasteiger partial charge < -0.3 is 34.6 Å². The molecule has 3 N–H and O–H groups in total. The highest BCUT2D eigenvalue weighted by molar-refractivity contribution is 6.05. The van der Waals surface area contributed by atoms with Gasteiger partial charge in [-0.15, -0.1) is 0 Å². The number of aldehydes is 1. The highest BCUT2D eigenvalue weighted by atomic mass is 16.6. The normalized spacial score (nSPS) is 17.8. The summed E-state index contributed by atoms with van der Waals surface area (Å²) < 4.78 is 16.9. The number of benzene rings is 3. The van der Waals surface area contributed by atoms with E-state index < -0.39 is 53.3 Å². The molecular formula is C51H68N5O10+. The van der Waals surface area contributed by atoms with E-state index in [2.05, 4.69) is 29.8 Å². The van der Waals surface area contributed by atoms with E-state index in [1.165, 1.54) is 0 Å². The number of nitrogens with one attached hydrogen (secondary N) is 3. The zero-order chi connectivity index (χ0) is 47.9. The highest BCUT2D eigenvalue weighted by Crippen LogP contribution is 2.31. The number of ether oxygens (including phenoxy) is 3. The molecule has 0 spiro atoms. The van der Waals surface area contributed by atoms with Crippen molar-refractivity contribution in [3.05, 3.63) is 101 Å². The standard InChI is InChI=1S/C51H67N5O10/c1-7-46(59)66-44-21-19-39(29-40(44)33-57)31-56(24-26-64-27-25-56)32-45(58)55(50(63)51(6)34-65-51)43(20-18-37-14-10-8-11-15-37)49(62)54-41(28-36(4)5)48(61)53-42(30-38-16-12-9-13-17-38)47(60)52-23-22-35(2)3/h8-17,19,21,29,33,35-36,41-43H,7,18,20,22-28,30-32,34H2,1-6H3,(H2-,52,53,54,60,61,62)/p+1/t41-,42-,43-,51+/m0/s1. The number of rotatable bonds is 24. The van der Waals surface area contributed by atoms with E-state index in [-0.39, 0.29) is 73.0 Å². The number of aryl methyl sites for hydroxylation is 1. The van der Waals surface area contributed by atoms with Gasteiger partial charge >= 0.3 is 5.97 Å². The first-order valence-corrected chi connectivity index (χ1v) is 23.2. The minimum absolute atomic E-state index is 0.0397. The first-order valence-electron chi connectivity index (χ1n) is 23.2. The second-order valence-electron chi connectivity index (χ2n) is 18.6. The molecular weight excluding hydrogens is 843 g/mol. The summed E-state index contributed by atoms with van der Waals surface area (Å²) in [5.74, 6) is -2.95. The number of hydrogen-bond acceptors (Lipinski definition) is 10. The zero-order valence-electron chi connectivity index (χ0n) is 39.3. The van der Waals surface area contributed by atoms with E-state index >= 15 is 4.79 Å². The molecule has 4 atom stereocenters. The maximum atomic E-state index is 15.1. The lowest BCUT2D eigenvalue weighted by Crippen LogP contribution is -2.64. The predicted molar refractivity (Wildman–Crippen MR) is 248 cm³/mol. The van der Waals surface area contributed by atoms with Gasteiger partial charge in [-0.2, -0.15) is 0 Å². The summed E-state index contributed by atoms with van der Waals surface area (Å²) in [5, 5.41) is 8.83. The van der Waals surface area contributed by atoms with Crippen LogP contribution in [0.15, 0.2) is 78.9 Å². The fourth-order valence-electron chi connectivity index (χ4n) is 8.08. The number of carbonyl (C=O) groups is 7. The van der Waals surface area contributed by atoms with Crippen molar-refractivity contribution < 1.29 is 52.3 Å². The molecule has 3 aromatic rings. The predicted octanol–water partition coefficient (Wildman–Crippen LogP) is 4.73. The van der Waals surface area contributed by atoms with Crippen molar-refractivity contribution in [3.8, 4) is 5.75 Å². The van der Waals surface area contributed by atoms with E-state index in [0.29, 0.717) is 57.0 Å². The Morgan fingerprint density at radius 2 is 1.44 bits per heavy atom. The number of hydrogen-bond donors (Lipinski definition) is 3. The number of nitrogens with zero attached hydrogens (tertiary/aromatic N) is 2. The SMILES string of the molecule is CCC(=O)Oc1ccc(C[N+]2(CC(=O)N(C(=O)[C@@]3(C)CO3)[C@@H](CCc3ccccc3)C(=O)N[C@@H](CC(C)C)C(=O)N[C@@H](Cc3ccccc3)C(=O)NCCC(C)C)CCOCC2)cc1C=O. The molecule has 2 aliphatic heterocycles. The molecule has 5 rings (SSSR count). The molecule has 0 unspecified atom stereocenters. The third kappa shape index (κ3) is 14.9. The summed E-state index contributed by atoms with van der Waals surface area (Å²) in [4.78, 5) is 98.0. The van der Waals surface area contributed by atoms with E-state index in [4.69, 9.17) is 14.2 Å². The minimum Gasteiger partial charge on any atom is -0.426 e. The van der Waals surface area contributed by atoms with Gasteiger partial charge in [-0.3, -0.25) is 38.5 Å². The second kappa shape index (κ2) is 24.1. The fourth-order valence-corrected chi connectivity index (χ4v) is 8.08. The average Bonchev–Trinajstić information content (AvgIpc) is 4.06. The maximum Gasteiger partial charge on any atom is 0.310 e. The van der Waals surface area contributed by atoms with Gasteiger partial charge in [0.2, 0.25) is 17.7 Å². The van der Waals surface area contributed by atoms with Crippen LogP contribution in [0.3, 0.4) is 0 Å². The van der Waals surface area contributed by atoms with Crippen LogP contribution >= 0.6 is 0 Å². The van der Waals surface area contributed by atoms with E-state index in [0.717, 1.165) is 22.4 Å². The third-order valence-corrected chi connectivity index (χ3v) is 12.1. The summed E-state index contributed by atoms with van der Waals surface area (Å²) in [6, 6.07) is 20.3. The Balaban J connectivity index is 1.47. The molecule has 0 aromatic heterocycles. The Bertz CT molecular complexity index is 2140. The Morgan fingerprint density at radius 3 is 2.03 bits per heavy atom. The third-order valence-electron chi connectivity index (χ3n) is 12.1. The largest absolute Gasteiger partial charge is 0.426 e. The van der Waals surface area contributed by atoms with E-state index in [1.807, 2.05) is 74.5 Å².